The number of aryl methyl sites for hydroxylation is 1. The third-order valence-electron chi connectivity index (χ3n) is 4.70. The fourth-order valence-corrected chi connectivity index (χ4v) is 4.45. The number of amides is 1. The van der Waals surface area contributed by atoms with E-state index in [1.54, 1.807) is 14.2 Å². The van der Waals surface area contributed by atoms with Crippen molar-refractivity contribution in [2.75, 3.05) is 20.3 Å². The highest BCUT2D eigenvalue weighted by atomic mass is 32.1. The summed E-state index contributed by atoms with van der Waals surface area (Å²) in [7, 11) is 3.22. The number of fused-ring (bicyclic) bond motifs is 3. The zero-order valence-electron chi connectivity index (χ0n) is 16.1. The summed E-state index contributed by atoms with van der Waals surface area (Å²) in [5.41, 5.74) is -0.333. The van der Waals surface area contributed by atoms with Gasteiger partial charge in [0.05, 0.1) is 17.6 Å². The molecule has 0 saturated carbocycles. The van der Waals surface area contributed by atoms with E-state index in [1.165, 1.54) is 15.9 Å². The van der Waals surface area contributed by atoms with Gasteiger partial charge in [0.2, 0.25) is 5.91 Å². The van der Waals surface area contributed by atoms with Gasteiger partial charge < -0.3 is 14.8 Å². The fourth-order valence-electron chi connectivity index (χ4n) is 3.27. The van der Waals surface area contributed by atoms with E-state index >= 15 is 0 Å². The van der Waals surface area contributed by atoms with Crippen LogP contribution in [0.4, 0.5) is 0 Å². The van der Waals surface area contributed by atoms with Gasteiger partial charge in [-0.2, -0.15) is 0 Å². The fraction of sp³-hybridized carbons (Fsp3) is 0.611. The van der Waals surface area contributed by atoms with Crippen molar-refractivity contribution in [3.63, 3.8) is 0 Å². The van der Waals surface area contributed by atoms with Gasteiger partial charge in [-0.25, -0.2) is 4.79 Å². The topological polar surface area (TPSA) is 91.6 Å². The maximum atomic E-state index is 13.1. The lowest BCUT2D eigenvalue weighted by Gasteiger charge is -2.29. The summed E-state index contributed by atoms with van der Waals surface area (Å²) in [5, 5.41) is 3.24. The highest BCUT2D eigenvalue weighted by Crippen LogP contribution is 2.36. The molecule has 0 aliphatic carbocycles. The Labute approximate surface area is 160 Å². The minimum Gasteiger partial charge on any atom is -0.385 e. The van der Waals surface area contributed by atoms with Crippen molar-refractivity contribution >= 4 is 27.5 Å². The van der Waals surface area contributed by atoms with Crippen LogP contribution < -0.4 is 16.6 Å². The first-order chi connectivity index (χ1) is 12.7. The van der Waals surface area contributed by atoms with Crippen LogP contribution in [0.25, 0.3) is 10.2 Å². The highest BCUT2D eigenvalue weighted by molar-refractivity contribution is 7.18. The van der Waals surface area contributed by atoms with Crippen molar-refractivity contribution in [2.24, 2.45) is 7.05 Å². The summed E-state index contributed by atoms with van der Waals surface area (Å²) < 4.78 is 13.2. The molecule has 0 unspecified atom stereocenters. The van der Waals surface area contributed by atoms with E-state index in [0.29, 0.717) is 42.8 Å². The van der Waals surface area contributed by atoms with E-state index in [2.05, 4.69) is 5.32 Å². The molecule has 0 bridgehead atoms. The molecule has 1 N–H and O–H groups in total. The minimum absolute atomic E-state index is 0.293. The molecule has 2 aromatic heterocycles. The zero-order chi connectivity index (χ0) is 19.8. The molecule has 27 heavy (non-hydrogen) atoms. The highest BCUT2D eigenvalue weighted by Gasteiger charge is 2.31. The summed E-state index contributed by atoms with van der Waals surface area (Å²) >= 11 is 1.41. The summed E-state index contributed by atoms with van der Waals surface area (Å²) in [5.74, 6) is -0.364. The number of nitrogens with one attached hydrogen (secondary N) is 1. The SMILES string of the molecule is COCCCNC(=O)Cn1c(=O)c2c3c(sc2n(C)c1=O)COC(C)(C)C3. The predicted molar refractivity (Wildman–Crippen MR) is 103 cm³/mol. The molecule has 0 aromatic carbocycles. The molecule has 0 atom stereocenters. The van der Waals surface area contributed by atoms with Crippen LogP contribution in [0.15, 0.2) is 9.59 Å². The first-order valence-corrected chi connectivity index (χ1v) is 9.70. The average molecular weight is 395 g/mol. The van der Waals surface area contributed by atoms with E-state index in [0.717, 1.165) is 15.0 Å². The predicted octanol–water partition coefficient (Wildman–Crippen LogP) is 0.766. The Hall–Kier alpha value is -1.97. The Morgan fingerprint density at radius 3 is 2.81 bits per heavy atom. The van der Waals surface area contributed by atoms with Gasteiger partial charge in [-0.1, -0.05) is 0 Å². The molecule has 0 saturated heterocycles. The number of hydrogen-bond donors (Lipinski definition) is 1. The van der Waals surface area contributed by atoms with Crippen molar-refractivity contribution in [1.29, 1.82) is 0 Å². The Morgan fingerprint density at radius 2 is 2.11 bits per heavy atom. The number of hydrogen-bond acceptors (Lipinski definition) is 6. The van der Waals surface area contributed by atoms with Crippen LogP contribution in [0.1, 0.15) is 30.7 Å². The van der Waals surface area contributed by atoms with Crippen LogP contribution in [0, 0.1) is 0 Å². The van der Waals surface area contributed by atoms with Crippen molar-refractivity contribution in [3.8, 4) is 0 Å². The lowest BCUT2D eigenvalue weighted by atomic mass is 9.94. The number of carbonyl (C=O) groups excluding carboxylic acids is 1. The number of nitrogens with zero attached hydrogens (tertiary/aromatic N) is 2. The van der Waals surface area contributed by atoms with E-state index in [1.807, 2.05) is 13.8 Å². The largest absolute Gasteiger partial charge is 0.385 e. The summed E-state index contributed by atoms with van der Waals surface area (Å²) in [6, 6.07) is 0. The Bertz CT molecular complexity index is 986. The summed E-state index contributed by atoms with van der Waals surface area (Å²) in [6.07, 6.45) is 1.26. The smallest absolute Gasteiger partial charge is 0.332 e. The number of methoxy groups -OCH3 is 1. The van der Waals surface area contributed by atoms with Crippen LogP contribution in [0.2, 0.25) is 0 Å². The number of rotatable bonds is 6. The van der Waals surface area contributed by atoms with Crippen molar-refractivity contribution in [3.05, 3.63) is 31.3 Å². The molecule has 2 aromatic rings. The second kappa shape index (κ2) is 7.57. The zero-order valence-corrected chi connectivity index (χ0v) is 16.9. The lowest BCUT2D eigenvalue weighted by molar-refractivity contribution is -0.121. The van der Waals surface area contributed by atoms with Gasteiger partial charge in [0, 0.05) is 38.6 Å². The molecule has 1 aliphatic heterocycles. The van der Waals surface area contributed by atoms with Crippen LogP contribution in [0.3, 0.4) is 0 Å². The lowest BCUT2D eigenvalue weighted by Crippen LogP contribution is -2.43. The Morgan fingerprint density at radius 1 is 1.37 bits per heavy atom. The van der Waals surface area contributed by atoms with E-state index in [4.69, 9.17) is 9.47 Å². The second-order valence-corrected chi connectivity index (χ2v) is 8.42. The molecule has 3 heterocycles. The normalized spacial score (nSPS) is 15.7. The van der Waals surface area contributed by atoms with Gasteiger partial charge in [0.1, 0.15) is 11.4 Å². The number of ether oxygens (including phenoxy) is 2. The molecule has 9 heteroatoms. The van der Waals surface area contributed by atoms with E-state index in [9.17, 15) is 14.4 Å². The van der Waals surface area contributed by atoms with Gasteiger partial charge in [-0.3, -0.25) is 18.7 Å². The van der Waals surface area contributed by atoms with E-state index < -0.39 is 11.2 Å². The molecule has 1 aliphatic rings. The standard InChI is InChI=1S/C18H25N3O5S/c1-18(2)8-11-12(10-26-18)27-16-14(11)15(23)21(17(24)20(16)3)9-13(22)19-6-5-7-25-4/h5-10H2,1-4H3,(H,19,22). The molecular weight excluding hydrogens is 370 g/mol. The molecule has 3 rings (SSSR count). The maximum Gasteiger partial charge on any atom is 0.332 e. The molecule has 148 valence electrons. The molecule has 0 fully saturated rings. The van der Waals surface area contributed by atoms with Crippen LogP contribution in [0.5, 0.6) is 0 Å². The molecular formula is C18H25N3O5S. The molecule has 8 nitrogen and oxygen atoms in total. The van der Waals surface area contributed by atoms with Crippen LogP contribution >= 0.6 is 11.3 Å². The van der Waals surface area contributed by atoms with Crippen molar-refractivity contribution in [1.82, 2.24) is 14.5 Å². The van der Waals surface area contributed by atoms with Gasteiger partial charge in [-0.15, -0.1) is 11.3 Å². The molecule has 0 spiro atoms. The summed E-state index contributed by atoms with van der Waals surface area (Å²) in [4.78, 5) is 39.5. The second-order valence-electron chi connectivity index (χ2n) is 7.34. The van der Waals surface area contributed by atoms with Gasteiger partial charge in [0.15, 0.2) is 0 Å². The minimum atomic E-state index is -0.488. The third kappa shape index (κ3) is 3.85. The monoisotopic (exact) mass is 395 g/mol. The number of carbonyl (C=O) groups is 1. The molecule has 0 radical (unpaired) electrons. The van der Waals surface area contributed by atoms with E-state index in [-0.39, 0.29) is 18.1 Å². The number of aromatic nitrogens is 2. The first kappa shape index (κ1) is 19.8. The van der Waals surface area contributed by atoms with Crippen LogP contribution in [-0.4, -0.2) is 40.9 Å². The quantitative estimate of drug-likeness (QED) is 0.730. The van der Waals surface area contributed by atoms with Crippen molar-refractivity contribution in [2.45, 2.75) is 45.4 Å². The summed E-state index contributed by atoms with van der Waals surface area (Å²) in [6.45, 7) is 5.06. The number of thiophene rings is 1. The third-order valence-corrected chi connectivity index (χ3v) is 5.98. The maximum absolute atomic E-state index is 13.1. The average Bonchev–Trinajstić information content (AvgIpc) is 2.98. The Kier molecular flexibility index (Phi) is 5.55. The van der Waals surface area contributed by atoms with Gasteiger partial charge in [-0.05, 0) is 25.8 Å². The Balaban J connectivity index is 1.99. The van der Waals surface area contributed by atoms with Gasteiger partial charge in [0.25, 0.3) is 5.56 Å². The van der Waals surface area contributed by atoms with Crippen molar-refractivity contribution < 1.29 is 14.3 Å². The molecule has 1 amide bonds. The van der Waals surface area contributed by atoms with Gasteiger partial charge >= 0.3 is 5.69 Å². The van der Waals surface area contributed by atoms with Crippen LogP contribution in [-0.2, 0) is 40.9 Å². The first-order valence-electron chi connectivity index (χ1n) is 8.89.